The zero-order valence-electron chi connectivity index (χ0n) is 6.24. The molecule has 1 aromatic rings. The molecule has 0 aromatic carbocycles. The van der Waals surface area contributed by atoms with E-state index in [0.717, 1.165) is 5.69 Å². The number of aryl methyl sites for hydroxylation is 1. The highest BCUT2D eigenvalue weighted by molar-refractivity contribution is 5.69. The Hall–Kier alpha value is -1.32. The van der Waals surface area contributed by atoms with E-state index in [-0.39, 0.29) is 5.97 Å². The van der Waals surface area contributed by atoms with Crippen LogP contribution < -0.4 is 0 Å². The SMILES string of the molecule is COC(=O)CCc1ccon1. The van der Waals surface area contributed by atoms with Crippen molar-refractivity contribution in [2.24, 2.45) is 0 Å². The van der Waals surface area contributed by atoms with Crippen molar-refractivity contribution in [1.29, 1.82) is 0 Å². The average molecular weight is 155 g/mol. The summed E-state index contributed by atoms with van der Waals surface area (Å²) in [5.74, 6) is -0.229. The average Bonchev–Trinajstić information content (AvgIpc) is 2.52. The van der Waals surface area contributed by atoms with Gasteiger partial charge in [0.2, 0.25) is 0 Å². The number of hydrogen-bond acceptors (Lipinski definition) is 4. The van der Waals surface area contributed by atoms with E-state index in [4.69, 9.17) is 0 Å². The Morgan fingerprint density at radius 1 is 1.82 bits per heavy atom. The standard InChI is InChI=1S/C7H9NO3/c1-10-7(9)3-2-6-4-5-11-8-6/h4-5H,2-3H2,1H3. The number of carbonyl (C=O) groups is 1. The van der Waals surface area contributed by atoms with Gasteiger partial charge in [0.1, 0.15) is 6.26 Å². The van der Waals surface area contributed by atoms with Gasteiger partial charge in [-0.15, -0.1) is 0 Å². The molecule has 0 atom stereocenters. The van der Waals surface area contributed by atoms with Crippen LogP contribution in [-0.2, 0) is 16.0 Å². The Kier molecular flexibility index (Phi) is 2.66. The van der Waals surface area contributed by atoms with Crippen molar-refractivity contribution in [3.05, 3.63) is 18.0 Å². The van der Waals surface area contributed by atoms with Gasteiger partial charge < -0.3 is 9.26 Å². The fraction of sp³-hybridized carbons (Fsp3) is 0.429. The summed E-state index contributed by atoms with van der Waals surface area (Å²) in [6, 6.07) is 1.73. The summed E-state index contributed by atoms with van der Waals surface area (Å²) in [5.41, 5.74) is 0.774. The van der Waals surface area contributed by atoms with Gasteiger partial charge in [0.15, 0.2) is 0 Å². The van der Waals surface area contributed by atoms with Crippen LogP contribution in [0.1, 0.15) is 12.1 Å². The van der Waals surface area contributed by atoms with E-state index in [1.807, 2.05) is 0 Å². The van der Waals surface area contributed by atoms with Crippen LogP contribution in [0.5, 0.6) is 0 Å². The maximum absolute atomic E-state index is 10.6. The van der Waals surface area contributed by atoms with Crippen molar-refractivity contribution in [3.8, 4) is 0 Å². The lowest BCUT2D eigenvalue weighted by molar-refractivity contribution is -0.140. The van der Waals surface area contributed by atoms with Gasteiger partial charge in [0.05, 0.1) is 19.2 Å². The third kappa shape index (κ3) is 2.41. The van der Waals surface area contributed by atoms with Crippen LogP contribution in [0.2, 0.25) is 0 Å². The Balaban J connectivity index is 2.29. The number of esters is 1. The van der Waals surface area contributed by atoms with E-state index in [1.165, 1.54) is 13.4 Å². The molecule has 60 valence electrons. The minimum atomic E-state index is -0.229. The zero-order chi connectivity index (χ0) is 8.10. The number of aromatic nitrogens is 1. The van der Waals surface area contributed by atoms with Crippen LogP contribution in [0.15, 0.2) is 16.9 Å². The molecule has 0 spiro atoms. The molecule has 0 saturated carbocycles. The number of carbonyl (C=O) groups excluding carboxylic acids is 1. The minimum Gasteiger partial charge on any atom is -0.469 e. The molecule has 1 aromatic heterocycles. The summed E-state index contributed by atoms with van der Waals surface area (Å²) in [6.07, 6.45) is 2.40. The van der Waals surface area contributed by atoms with Crippen LogP contribution in [0.4, 0.5) is 0 Å². The van der Waals surface area contributed by atoms with E-state index in [0.29, 0.717) is 12.8 Å². The van der Waals surface area contributed by atoms with Crippen LogP contribution in [0.3, 0.4) is 0 Å². The maximum Gasteiger partial charge on any atom is 0.305 e. The number of methoxy groups -OCH3 is 1. The lowest BCUT2D eigenvalue weighted by Crippen LogP contribution is -2.01. The van der Waals surface area contributed by atoms with Gasteiger partial charge in [0, 0.05) is 12.5 Å². The van der Waals surface area contributed by atoms with Crippen LogP contribution >= 0.6 is 0 Å². The molecule has 0 unspecified atom stereocenters. The van der Waals surface area contributed by atoms with E-state index >= 15 is 0 Å². The zero-order valence-corrected chi connectivity index (χ0v) is 6.24. The van der Waals surface area contributed by atoms with Gasteiger partial charge in [0.25, 0.3) is 0 Å². The van der Waals surface area contributed by atoms with Crippen LogP contribution in [-0.4, -0.2) is 18.2 Å². The highest BCUT2D eigenvalue weighted by atomic mass is 16.5. The van der Waals surface area contributed by atoms with Crippen molar-refractivity contribution in [3.63, 3.8) is 0 Å². The molecule has 1 rings (SSSR count). The lowest BCUT2D eigenvalue weighted by atomic mass is 10.2. The molecule has 0 aliphatic carbocycles. The van der Waals surface area contributed by atoms with E-state index in [9.17, 15) is 4.79 Å². The molecular weight excluding hydrogens is 146 g/mol. The molecule has 0 amide bonds. The van der Waals surface area contributed by atoms with Crippen molar-refractivity contribution in [2.45, 2.75) is 12.8 Å². The summed E-state index contributed by atoms with van der Waals surface area (Å²) in [4.78, 5) is 10.6. The first-order valence-corrected chi connectivity index (χ1v) is 3.29. The molecule has 0 radical (unpaired) electrons. The van der Waals surface area contributed by atoms with Gasteiger partial charge in [-0.3, -0.25) is 4.79 Å². The number of nitrogens with zero attached hydrogens (tertiary/aromatic N) is 1. The second-order valence-electron chi connectivity index (χ2n) is 2.07. The summed E-state index contributed by atoms with van der Waals surface area (Å²) in [7, 11) is 1.37. The molecule has 0 N–H and O–H groups in total. The van der Waals surface area contributed by atoms with E-state index in [1.54, 1.807) is 6.07 Å². The first kappa shape index (κ1) is 7.78. The predicted molar refractivity (Wildman–Crippen MR) is 36.8 cm³/mol. The predicted octanol–water partition coefficient (Wildman–Crippen LogP) is 0.780. The smallest absolute Gasteiger partial charge is 0.305 e. The van der Waals surface area contributed by atoms with E-state index < -0.39 is 0 Å². The van der Waals surface area contributed by atoms with Crippen molar-refractivity contribution < 1.29 is 14.1 Å². The normalized spacial score (nSPS) is 9.55. The third-order valence-corrected chi connectivity index (χ3v) is 1.30. The molecular formula is C7H9NO3. The highest BCUT2D eigenvalue weighted by Gasteiger charge is 2.02. The molecule has 11 heavy (non-hydrogen) atoms. The molecule has 0 saturated heterocycles. The molecule has 1 heterocycles. The molecule has 0 bridgehead atoms. The van der Waals surface area contributed by atoms with Gasteiger partial charge in [-0.05, 0) is 0 Å². The van der Waals surface area contributed by atoms with Crippen molar-refractivity contribution >= 4 is 5.97 Å². The largest absolute Gasteiger partial charge is 0.469 e. The van der Waals surface area contributed by atoms with Gasteiger partial charge in [-0.2, -0.15) is 0 Å². The third-order valence-electron chi connectivity index (χ3n) is 1.30. The molecule has 4 nitrogen and oxygen atoms in total. The second-order valence-corrected chi connectivity index (χ2v) is 2.07. The van der Waals surface area contributed by atoms with E-state index in [2.05, 4.69) is 14.4 Å². The van der Waals surface area contributed by atoms with Crippen molar-refractivity contribution in [2.75, 3.05) is 7.11 Å². The topological polar surface area (TPSA) is 52.3 Å². The number of ether oxygens (including phenoxy) is 1. The first-order chi connectivity index (χ1) is 5.33. The summed E-state index contributed by atoms with van der Waals surface area (Å²) >= 11 is 0. The summed E-state index contributed by atoms with van der Waals surface area (Å²) in [5, 5.41) is 3.64. The minimum absolute atomic E-state index is 0.229. The molecule has 0 fully saturated rings. The number of rotatable bonds is 3. The lowest BCUT2D eigenvalue weighted by Gasteiger charge is -1.94. The summed E-state index contributed by atoms with van der Waals surface area (Å²) in [6.45, 7) is 0. The van der Waals surface area contributed by atoms with Gasteiger partial charge in [-0.1, -0.05) is 5.16 Å². The van der Waals surface area contributed by atoms with Gasteiger partial charge >= 0.3 is 5.97 Å². The first-order valence-electron chi connectivity index (χ1n) is 3.29. The highest BCUT2D eigenvalue weighted by Crippen LogP contribution is 1.99. The quantitative estimate of drug-likeness (QED) is 0.605. The monoisotopic (exact) mass is 155 g/mol. The molecule has 0 aliphatic heterocycles. The van der Waals surface area contributed by atoms with Crippen LogP contribution in [0.25, 0.3) is 0 Å². The Morgan fingerprint density at radius 2 is 2.64 bits per heavy atom. The van der Waals surface area contributed by atoms with Crippen LogP contribution in [0, 0.1) is 0 Å². The fourth-order valence-electron chi connectivity index (χ4n) is 0.699. The second kappa shape index (κ2) is 3.75. The maximum atomic E-state index is 10.6. The fourth-order valence-corrected chi connectivity index (χ4v) is 0.699. The summed E-state index contributed by atoms with van der Waals surface area (Å²) < 4.78 is 9.03. The molecule has 0 aliphatic rings. The molecule has 4 heteroatoms. The van der Waals surface area contributed by atoms with Crippen molar-refractivity contribution in [1.82, 2.24) is 5.16 Å². The number of hydrogen-bond donors (Lipinski definition) is 0. The van der Waals surface area contributed by atoms with Gasteiger partial charge in [-0.25, -0.2) is 0 Å². The Labute approximate surface area is 64.1 Å². The Morgan fingerprint density at radius 3 is 3.18 bits per heavy atom. The Bertz CT molecular complexity index is 218.